The first-order valence-corrected chi connectivity index (χ1v) is 4.77. The van der Waals surface area contributed by atoms with Gasteiger partial charge in [-0.2, -0.15) is 0 Å². The number of rotatable bonds is 6. The van der Waals surface area contributed by atoms with Gasteiger partial charge in [0.15, 0.2) is 0 Å². The van der Waals surface area contributed by atoms with Crippen LogP contribution in [0.5, 0.6) is 5.75 Å². The van der Waals surface area contributed by atoms with Crippen molar-refractivity contribution in [2.75, 3.05) is 6.61 Å². The minimum atomic E-state index is -0.988. The van der Waals surface area contributed by atoms with Crippen LogP contribution in [0.3, 0.4) is 0 Å². The SMILES string of the molecule is O=C(O)CCCOc1ccc(C(=O)O)cc1. The average molecular weight is 224 g/mol. The lowest BCUT2D eigenvalue weighted by atomic mass is 10.2. The first kappa shape index (κ1) is 12.0. The Kier molecular flexibility index (Phi) is 4.32. The molecule has 2 N–H and O–H groups in total. The molecule has 0 amide bonds. The molecule has 0 aliphatic rings. The fourth-order valence-electron chi connectivity index (χ4n) is 1.11. The summed E-state index contributed by atoms with van der Waals surface area (Å²) in [4.78, 5) is 20.8. The second kappa shape index (κ2) is 5.75. The smallest absolute Gasteiger partial charge is 0.335 e. The summed E-state index contributed by atoms with van der Waals surface area (Å²) < 4.78 is 5.23. The standard InChI is InChI=1S/C11H12O5/c12-10(13)2-1-7-16-9-5-3-8(4-6-9)11(14)15/h3-6H,1-2,7H2,(H,12,13)(H,14,15). The van der Waals surface area contributed by atoms with E-state index >= 15 is 0 Å². The highest BCUT2D eigenvalue weighted by Gasteiger charge is 2.02. The number of aromatic carboxylic acids is 1. The largest absolute Gasteiger partial charge is 0.494 e. The van der Waals surface area contributed by atoms with Crippen molar-refractivity contribution in [2.45, 2.75) is 12.8 Å². The molecule has 1 aromatic carbocycles. The average Bonchev–Trinajstić information content (AvgIpc) is 2.25. The second-order valence-electron chi connectivity index (χ2n) is 3.18. The maximum Gasteiger partial charge on any atom is 0.335 e. The van der Waals surface area contributed by atoms with Crippen LogP contribution < -0.4 is 4.74 Å². The number of carboxylic acids is 2. The highest BCUT2D eigenvalue weighted by molar-refractivity contribution is 5.87. The van der Waals surface area contributed by atoms with E-state index in [1.54, 1.807) is 12.1 Å². The van der Waals surface area contributed by atoms with Gasteiger partial charge in [-0.15, -0.1) is 0 Å². The lowest BCUT2D eigenvalue weighted by Gasteiger charge is -2.04. The van der Waals surface area contributed by atoms with E-state index in [4.69, 9.17) is 14.9 Å². The van der Waals surface area contributed by atoms with Crippen LogP contribution in [0.2, 0.25) is 0 Å². The molecule has 0 saturated heterocycles. The Bertz CT molecular complexity index is 368. The maximum absolute atomic E-state index is 10.5. The van der Waals surface area contributed by atoms with Gasteiger partial charge in [0, 0.05) is 6.42 Å². The Morgan fingerprint density at radius 1 is 1.12 bits per heavy atom. The van der Waals surface area contributed by atoms with Crippen LogP contribution in [0.25, 0.3) is 0 Å². The second-order valence-corrected chi connectivity index (χ2v) is 3.18. The summed E-state index contributed by atoms with van der Waals surface area (Å²) in [6.45, 7) is 0.304. The van der Waals surface area contributed by atoms with Gasteiger partial charge in [0.2, 0.25) is 0 Å². The van der Waals surface area contributed by atoms with Crippen molar-refractivity contribution in [3.8, 4) is 5.75 Å². The molecule has 0 spiro atoms. The molecule has 0 bridgehead atoms. The minimum Gasteiger partial charge on any atom is -0.494 e. The van der Waals surface area contributed by atoms with Crippen molar-refractivity contribution in [3.63, 3.8) is 0 Å². The molecule has 5 heteroatoms. The Hall–Kier alpha value is -2.04. The van der Waals surface area contributed by atoms with E-state index < -0.39 is 11.9 Å². The van der Waals surface area contributed by atoms with Crippen LogP contribution in [0, 0.1) is 0 Å². The zero-order chi connectivity index (χ0) is 12.0. The van der Waals surface area contributed by atoms with Gasteiger partial charge >= 0.3 is 11.9 Å². The number of ether oxygens (including phenoxy) is 1. The molecule has 16 heavy (non-hydrogen) atoms. The van der Waals surface area contributed by atoms with E-state index in [2.05, 4.69) is 0 Å². The Morgan fingerprint density at radius 2 is 1.75 bits per heavy atom. The lowest BCUT2D eigenvalue weighted by Crippen LogP contribution is -2.02. The zero-order valence-electron chi connectivity index (χ0n) is 8.55. The number of carboxylic acid groups (broad SMARTS) is 2. The molecule has 0 unspecified atom stereocenters. The van der Waals surface area contributed by atoms with E-state index in [1.807, 2.05) is 0 Å². The number of hydrogen-bond donors (Lipinski definition) is 2. The highest BCUT2D eigenvalue weighted by atomic mass is 16.5. The normalized spacial score (nSPS) is 9.75. The van der Waals surface area contributed by atoms with Gasteiger partial charge < -0.3 is 14.9 Å². The highest BCUT2D eigenvalue weighted by Crippen LogP contribution is 2.12. The van der Waals surface area contributed by atoms with Crippen molar-refractivity contribution in [1.29, 1.82) is 0 Å². The third-order valence-corrected chi connectivity index (χ3v) is 1.90. The Balaban J connectivity index is 2.38. The molecule has 0 fully saturated rings. The molecule has 0 aliphatic heterocycles. The molecular weight excluding hydrogens is 212 g/mol. The summed E-state index contributed by atoms with van der Waals surface area (Å²) in [6.07, 6.45) is 0.489. The first-order valence-electron chi connectivity index (χ1n) is 4.77. The fraction of sp³-hybridized carbons (Fsp3) is 0.273. The molecule has 0 aliphatic carbocycles. The quantitative estimate of drug-likeness (QED) is 0.717. The van der Waals surface area contributed by atoms with Gasteiger partial charge in [-0.05, 0) is 30.7 Å². The van der Waals surface area contributed by atoms with Crippen LogP contribution in [0.1, 0.15) is 23.2 Å². The molecule has 1 rings (SSSR count). The lowest BCUT2D eigenvalue weighted by molar-refractivity contribution is -0.137. The molecule has 0 radical (unpaired) electrons. The van der Waals surface area contributed by atoms with Crippen molar-refractivity contribution in [1.82, 2.24) is 0 Å². The monoisotopic (exact) mass is 224 g/mol. The van der Waals surface area contributed by atoms with Crippen LogP contribution in [0.15, 0.2) is 24.3 Å². The van der Waals surface area contributed by atoms with Gasteiger partial charge in [0.05, 0.1) is 12.2 Å². The zero-order valence-corrected chi connectivity index (χ0v) is 8.55. The molecular formula is C11H12O5. The molecule has 86 valence electrons. The van der Waals surface area contributed by atoms with Crippen molar-refractivity contribution in [2.24, 2.45) is 0 Å². The molecule has 5 nitrogen and oxygen atoms in total. The minimum absolute atomic E-state index is 0.0627. The van der Waals surface area contributed by atoms with Crippen LogP contribution in [-0.2, 0) is 4.79 Å². The van der Waals surface area contributed by atoms with Crippen molar-refractivity contribution < 1.29 is 24.5 Å². The Labute approximate surface area is 92.3 Å². The van der Waals surface area contributed by atoms with Gasteiger partial charge in [-0.1, -0.05) is 0 Å². The third kappa shape index (κ3) is 4.00. The number of hydrogen-bond acceptors (Lipinski definition) is 3. The molecule has 0 atom stereocenters. The topological polar surface area (TPSA) is 83.8 Å². The van der Waals surface area contributed by atoms with E-state index in [-0.39, 0.29) is 12.0 Å². The summed E-state index contributed by atoms with van der Waals surface area (Å²) in [7, 11) is 0. The van der Waals surface area contributed by atoms with E-state index in [9.17, 15) is 9.59 Å². The summed E-state index contributed by atoms with van der Waals surface area (Å²) in [5.74, 6) is -1.31. The Morgan fingerprint density at radius 3 is 2.25 bits per heavy atom. The predicted octanol–water partition coefficient (Wildman–Crippen LogP) is 1.63. The van der Waals surface area contributed by atoms with Crippen LogP contribution in [0.4, 0.5) is 0 Å². The fourth-order valence-corrected chi connectivity index (χ4v) is 1.11. The third-order valence-electron chi connectivity index (χ3n) is 1.90. The first-order chi connectivity index (χ1) is 7.59. The van der Waals surface area contributed by atoms with Gasteiger partial charge in [0.1, 0.15) is 5.75 Å². The van der Waals surface area contributed by atoms with Crippen LogP contribution >= 0.6 is 0 Å². The summed E-state index contributed by atoms with van der Waals surface area (Å²) >= 11 is 0. The maximum atomic E-state index is 10.5. The number of carbonyl (C=O) groups is 2. The van der Waals surface area contributed by atoms with Gasteiger partial charge in [-0.25, -0.2) is 4.79 Å². The summed E-state index contributed by atoms with van der Waals surface area (Å²) in [6, 6.07) is 5.97. The van der Waals surface area contributed by atoms with E-state index in [0.29, 0.717) is 18.8 Å². The number of benzene rings is 1. The van der Waals surface area contributed by atoms with Gasteiger partial charge in [0.25, 0.3) is 0 Å². The molecule has 0 heterocycles. The van der Waals surface area contributed by atoms with E-state index in [1.165, 1.54) is 12.1 Å². The molecule has 0 aromatic heterocycles. The molecule has 0 saturated carbocycles. The molecule has 1 aromatic rings. The summed E-state index contributed by atoms with van der Waals surface area (Å²) in [5.41, 5.74) is 0.192. The van der Waals surface area contributed by atoms with E-state index in [0.717, 1.165) is 0 Å². The van der Waals surface area contributed by atoms with Gasteiger partial charge in [-0.3, -0.25) is 4.79 Å². The summed E-state index contributed by atoms with van der Waals surface area (Å²) in [5, 5.41) is 17.0. The van der Waals surface area contributed by atoms with Crippen molar-refractivity contribution in [3.05, 3.63) is 29.8 Å². The van der Waals surface area contributed by atoms with Crippen molar-refractivity contribution >= 4 is 11.9 Å². The number of aliphatic carboxylic acids is 1. The predicted molar refractivity (Wildman–Crippen MR) is 55.8 cm³/mol. The van der Waals surface area contributed by atoms with Crippen LogP contribution in [-0.4, -0.2) is 28.8 Å².